The maximum Gasteiger partial charge on any atom is 0.323 e. The van der Waals surface area contributed by atoms with Crippen LogP contribution < -0.4 is 0 Å². The number of likely N-dealkylation sites (N-methyl/N-ethyl adjacent to an activating group) is 1. The van der Waals surface area contributed by atoms with Gasteiger partial charge in [-0.25, -0.2) is 0 Å². The Kier molecular flexibility index (Phi) is 5.41. The van der Waals surface area contributed by atoms with Crippen LogP contribution in [-0.4, -0.2) is 74.9 Å². The third-order valence-electron chi connectivity index (χ3n) is 3.80. The molecule has 0 bridgehead atoms. The summed E-state index contributed by atoms with van der Waals surface area (Å²) in [6.45, 7) is 5.80. The first-order valence-electron chi connectivity index (χ1n) is 6.94. The molecule has 1 atom stereocenters. The van der Waals surface area contributed by atoms with E-state index in [-0.39, 0.29) is 12.0 Å². The predicted octanol–water partition coefficient (Wildman–Crippen LogP) is 0.346. The van der Waals surface area contributed by atoms with Crippen molar-refractivity contribution in [2.24, 2.45) is 0 Å². The maximum absolute atomic E-state index is 11.9. The average molecular weight is 256 g/mol. The van der Waals surface area contributed by atoms with Crippen molar-refractivity contribution < 1.29 is 14.3 Å². The highest BCUT2D eigenvalue weighted by atomic mass is 16.5. The van der Waals surface area contributed by atoms with E-state index in [9.17, 15) is 4.79 Å². The number of morpholine rings is 1. The van der Waals surface area contributed by atoms with Gasteiger partial charge in [-0.05, 0) is 26.4 Å². The highest BCUT2D eigenvalue weighted by Gasteiger charge is 2.27. The molecule has 1 unspecified atom stereocenters. The highest BCUT2D eigenvalue weighted by molar-refractivity contribution is 5.75. The minimum atomic E-state index is -0.0505. The zero-order chi connectivity index (χ0) is 12.8. The molecule has 2 heterocycles. The van der Waals surface area contributed by atoms with Gasteiger partial charge in [-0.1, -0.05) is 6.42 Å². The van der Waals surface area contributed by atoms with E-state index < -0.39 is 0 Å². The predicted molar refractivity (Wildman–Crippen MR) is 68.5 cm³/mol. The molecular formula is C13H24N2O3. The number of hydrogen-bond donors (Lipinski definition) is 0. The third-order valence-corrected chi connectivity index (χ3v) is 3.80. The molecule has 2 saturated heterocycles. The van der Waals surface area contributed by atoms with Gasteiger partial charge < -0.3 is 9.47 Å². The first-order valence-corrected chi connectivity index (χ1v) is 6.94. The van der Waals surface area contributed by atoms with E-state index in [1.807, 2.05) is 7.05 Å². The van der Waals surface area contributed by atoms with Crippen molar-refractivity contribution in [1.29, 1.82) is 0 Å². The number of likely N-dealkylation sites (tertiary alicyclic amines) is 1. The molecule has 0 N–H and O–H groups in total. The van der Waals surface area contributed by atoms with E-state index in [2.05, 4.69) is 9.80 Å². The Balaban J connectivity index is 1.64. The maximum atomic E-state index is 11.9. The summed E-state index contributed by atoms with van der Waals surface area (Å²) >= 11 is 0. The van der Waals surface area contributed by atoms with Gasteiger partial charge in [-0.3, -0.25) is 14.6 Å². The monoisotopic (exact) mass is 256 g/mol. The molecule has 0 spiro atoms. The van der Waals surface area contributed by atoms with Crippen molar-refractivity contribution in [1.82, 2.24) is 9.80 Å². The summed E-state index contributed by atoms with van der Waals surface area (Å²) in [5.74, 6) is -0.0505. The minimum absolute atomic E-state index is 0.0246. The van der Waals surface area contributed by atoms with Crippen molar-refractivity contribution in [3.63, 3.8) is 0 Å². The number of piperidine rings is 1. The van der Waals surface area contributed by atoms with E-state index in [0.29, 0.717) is 6.61 Å². The second-order valence-electron chi connectivity index (χ2n) is 5.11. The summed E-state index contributed by atoms with van der Waals surface area (Å²) in [6.07, 6.45) is 3.26. The lowest BCUT2D eigenvalue weighted by molar-refractivity contribution is -0.151. The van der Waals surface area contributed by atoms with E-state index in [1.54, 1.807) is 0 Å². The van der Waals surface area contributed by atoms with Gasteiger partial charge in [-0.2, -0.15) is 0 Å². The van der Waals surface area contributed by atoms with Crippen LogP contribution in [0.3, 0.4) is 0 Å². The van der Waals surface area contributed by atoms with E-state index in [0.717, 1.165) is 52.2 Å². The highest BCUT2D eigenvalue weighted by Crippen LogP contribution is 2.16. The summed E-state index contributed by atoms with van der Waals surface area (Å²) < 4.78 is 10.7. The number of hydrogen-bond acceptors (Lipinski definition) is 5. The standard InChI is InChI=1S/C13H24N2O3/c1-14-5-3-2-4-12(14)13(16)18-11-8-15-6-9-17-10-7-15/h12H,2-11H2,1H3. The number of esters is 1. The molecule has 0 aliphatic carbocycles. The molecule has 0 aromatic carbocycles. The Morgan fingerprint density at radius 1 is 1.28 bits per heavy atom. The molecular weight excluding hydrogens is 232 g/mol. The largest absolute Gasteiger partial charge is 0.463 e. The fourth-order valence-corrected chi connectivity index (χ4v) is 2.57. The minimum Gasteiger partial charge on any atom is -0.463 e. The van der Waals surface area contributed by atoms with Crippen LogP contribution in [0.25, 0.3) is 0 Å². The van der Waals surface area contributed by atoms with E-state index in [1.165, 1.54) is 6.42 Å². The van der Waals surface area contributed by atoms with Crippen molar-refractivity contribution in [2.45, 2.75) is 25.3 Å². The van der Waals surface area contributed by atoms with Crippen LogP contribution in [0.15, 0.2) is 0 Å². The molecule has 0 saturated carbocycles. The van der Waals surface area contributed by atoms with Crippen molar-refractivity contribution >= 4 is 5.97 Å². The molecule has 2 fully saturated rings. The smallest absolute Gasteiger partial charge is 0.323 e. The molecule has 18 heavy (non-hydrogen) atoms. The Hall–Kier alpha value is -0.650. The van der Waals surface area contributed by atoms with Gasteiger partial charge in [-0.15, -0.1) is 0 Å². The number of nitrogens with zero attached hydrogens (tertiary/aromatic N) is 2. The summed E-state index contributed by atoms with van der Waals surface area (Å²) in [6, 6.07) is -0.0246. The first-order chi connectivity index (χ1) is 8.77. The molecule has 5 heteroatoms. The van der Waals surface area contributed by atoms with Gasteiger partial charge in [0.05, 0.1) is 13.2 Å². The van der Waals surface area contributed by atoms with E-state index in [4.69, 9.17) is 9.47 Å². The van der Waals surface area contributed by atoms with E-state index >= 15 is 0 Å². The van der Waals surface area contributed by atoms with Crippen molar-refractivity contribution in [3.8, 4) is 0 Å². The number of carbonyl (C=O) groups is 1. The molecule has 0 aromatic rings. The lowest BCUT2D eigenvalue weighted by Crippen LogP contribution is -2.44. The molecule has 2 aliphatic heterocycles. The van der Waals surface area contributed by atoms with Gasteiger partial charge in [0.25, 0.3) is 0 Å². The summed E-state index contributed by atoms with van der Waals surface area (Å²) in [7, 11) is 2.01. The van der Waals surface area contributed by atoms with Gasteiger partial charge in [0, 0.05) is 19.6 Å². The topological polar surface area (TPSA) is 42.0 Å². The van der Waals surface area contributed by atoms with Crippen LogP contribution in [0.5, 0.6) is 0 Å². The van der Waals surface area contributed by atoms with Crippen molar-refractivity contribution in [2.75, 3.05) is 53.0 Å². The van der Waals surface area contributed by atoms with Crippen LogP contribution in [0.1, 0.15) is 19.3 Å². The van der Waals surface area contributed by atoms with Gasteiger partial charge >= 0.3 is 5.97 Å². The summed E-state index contributed by atoms with van der Waals surface area (Å²) in [5.41, 5.74) is 0. The van der Waals surface area contributed by atoms with Gasteiger partial charge in [0.1, 0.15) is 12.6 Å². The lowest BCUT2D eigenvalue weighted by atomic mass is 10.0. The first kappa shape index (κ1) is 13.8. The van der Waals surface area contributed by atoms with Crippen LogP contribution in [-0.2, 0) is 14.3 Å². The molecule has 2 aliphatic rings. The molecule has 0 amide bonds. The number of ether oxygens (including phenoxy) is 2. The molecule has 0 aromatic heterocycles. The van der Waals surface area contributed by atoms with Crippen LogP contribution in [0, 0.1) is 0 Å². The zero-order valence-electron chi connectivity index (χ0n) is 11.3. The fraction of sp³-hybridized carbons (Fsp3) is 0.923. The summed E-state index contributed by atoms with van der Waals surface area (Å²) in [5, 5.41) is 0. The normalized spacial score (nSPS) is 27.1. The average Bonchev–Trinajstić information content (AvgIpc) is 2.40. The Bertz CT molecular complexity index is 267. The molecule has 2 rings (SSSR count). The fourth-order valence-electron chi connectivity index (χ4n) is 2.57. The Morgan fingerprint density at radius 3 is 2.78 bits per heavy atom. The lowest BCUT2D eigenvalue weighted by Gasteiger charge is -2.31. The second kappa shape index (κ2) is 7.07. The Labute approximate surface area is 109 Å². The number of rotatable bonds is 4. The third kappa shape index (κ3) is 3.93. The van der Waals surface area contributed by atoms with Gasteiger partial charge in [0.2, 0.25) is 0 Å². The van der Waals surface area contributed by atoms with Crippen LogP contribution in [0.4, 0.5) is 0 Å². The van der Waals surface area contributed by atoms with Gasteiger partial charge in [0.15, 0.2) is 0 Å². The quantitative estimate of drug-likeness (QED) is 0.679. The number of carbonyl (C=O) groups excluding carboxylic acids is 1. The Morgan fingerprint density at radius 2 is 2.06 bits per heavy atom. The summed E-state index contributed by atoms with van der Waals surface area (Å²) in [4.78, 5) is 16.3. The van der Waals surface area contributed by atoms with Crippen LogP contribution in [0.2, 0.25) is 0 Å². The molecule has 104 valence electrons. The van der Waals surface area contributed by atoms with Crippen LogP contribution >= 0.6 is 0 Å². The second-order valence-corrected chi connectivity index (χ2v) is 5.11. The SMILES string of the molecule is CN1CCCCC1C(=O)OCCN1CCOCC1. The zero-order valence-corrected chi connectivity index (χ0v) is 11.3. The molecule has 5 nitrogen and oxygen atoms in total. The molecule has 0 radical (unpaired) electrons. The van der Waals surface area contributed by atoms with Crippen molar-refractivity contribution in [3.05, 3.63) is 0 Å².